The van der Waals surface area contributed by atoms with Gasteiger partial charge in [-0.05, 0) is 41.0 Å². The molecule has 4 nitrogen and oxygen atoms in total. The van der Waals surface area contributed by atoms with Crippen LogP contribution in [0.25, 0.3) is 0 Å². The predicted octanol–water partition coefficient (Wildman–Crippen LogP) is 3.16. The van der Waals surface area contributed by atoms with Gasteiger partial charge in [0.05, 0.1) is 6.04 Å². The Balaban J connectivity index is 1.87. The number of carbonyl (C=O) groups is 1. The summed E-state index contributed by atoms with van der Waals surface area (Å²) in [5, 5.41) is 13.1. The summed E-state index contributed by atoms with van der Waals surface area (Å²) in [5.74, 6) is -0.884. The molecule has 1 amide bonds. The van der Waals surface area contributed by atoms with Crippen molar-refractivity contribution < 1.29 is 14.3 Å². The van der Waals surface area contributed by atoms with Gasteiger partial charge in [-0.2, -0.15) is 0 Å². The SMILES string of the molecule is O=C(N[C@H](c1ccncc1)c1ccc(F)cc1)[C@H](O)c1ccccc1. The van der Waals surface area contributed by atoms with Gasteiger partial charge < -0.3 is 10.4 Å². The van der Waals surface area contributed by atoms with Gasteiger partial charge >= 0.3 is 0 Å². The first-order chi connectivity index (χ1) is 12.1. The van der Waals surface area contributed by atoms with Gasteiger partial charge in [-0.25, -0.2) is 4.39 Å². The minimum absolute atomic E-state index is 0.354. The molecular weight excluding hydrogens is 319 g/mol. The molecule has 3 rings (SSSR count). The lowest BCUT2D eigenvalue weighted by molar-refractivity contribution is -0.130. The molecule has 2 aromatic carbocycles. The maximum absolute atomic E-state index is 13.2. The Hall–Kier alpha value is -3.05. The van der Waals surface area contributed by atoms with Crippen LogP contribution in [0.5, 0.6) is 0 Å². The van der Waals surface area contributed by atoms with Gasteiger partial charge in [-0.3, -0.25) is 9.78 Å². The molecule has 5 heteroatoms. The number of hydrogen-bond donors (Lipinski definition) is 2. The molecule has 1 aromatic heterocycles. The van der Waals surface area contributed by atoms with Crippen LogP contribution in [0.2, 0.25) is 0 Å². The van der Waals surface area contributed by atoms with Crippen molar-refractivity contribution in [2.45, 2.75) is 12.1 Å². The molecule has 1 heterocycles. The molecule has 25 heavy (non-hydrogen) atoms. The second-order valence-corrected chi connectivity index (χ2v) is 5.59. The molecule has 0 fully saturated rings. The monoisotopic (exact) mass is 336 g/mol. The largest absolute Gasteiger partial charge is 0.378 e. The molecule has 2 N–H and O–H groups in total. The maximum Gasteiger partial charge on any atom is 0.254 e. The topological polar surface area (TPSA) is 62.2 Å². The van der Waals surface area contributed by atoms with Crippen LogP contribution in [-0.4, -0.2) is 16.0 Å². The summed E-state index contributed by atoms with van der Waals surface area (Å²) in [6, 6.07) is 17.6. The van der Waals surface area contributed by atoms with Gasteiger partial charge in [-0.1, -0.05) is 42.5 Å². The Bertz CT molecular complexity index is 823. The van der Waals surface area contributed by atoms with Crippen LogP contribution >= 0.6 is 0 Å². The predicted molar refractivity (Wildman–Crippen MR) is 92.0 cm³/mol. The van der Waals surface area contributed by atoms with Crippen LogP contribution < -0.4 is 5.32 Å². The number of pyridine rings is 1. The average Bonchev–Trinajstić information content (AvgIpc) is 2.67. The summed E-state index contributed by atoms with van der Waals surface area (Å²) in [7, 11) is 0. The molecule has 0 radical (unpaired) electrons. The minimum Gasteiger partial charge on any atom is -0.378 e. The Morgan fingerprint density at radius 2 is 1.48 bits per heavy atom. The number of amides is 1. The van der Waals surface area contributed by atoms with Gasteiger partial charge in [0.25, 0.3) is 5.91 Å². The summed E-state index contributed by atoms with van der Waals surface area (Å²) >= 11 is 0. The first-order valence-corrected chi connectivity index (χ1v) is 7.84. The van der Waals surface area contributed by atoms with Crippen LogP contribution in [-0.2, 0) is 4.79 Å². The van der Waals surface area contributed by atoms with E-state index in [-0.39, 0.29) is 5.82 Å². The fourth-order valence-corrected chi connectivity index (χ4v) is 2.58. The molecule has 0 saturated heterocycles. The number of nitrogens with zero attached hydrogens (tertiary/aromatic N) is 1. The maximum atomic E-state index is 13.2. The number of benzene rings is 2. The summed E-state index contributed by atoms with van der Waals surface area (Å²) < 4.78 is 13.2. The van der Waals surface area contributed by atoms with Gasteiger partial charge in [0.1, 0.15) is 5.82 Å². The number of nitrogens with one attached hydrogen (secondary N) is 1. The highest BCUT2D eigenvalue weighted by Gasteiger charge is 2.22. The smallest absolute Gasteiger partial charge is 0.254 e. The van der Waals surface area contributed by atoms with Gasteiger partial charge in [-0.15, -0.1) is 0 Å². The Kier molecular flexibility index (Phi) is 5.16. The lowest BCUT2D eigenvalue weighted by Gasteiger charge is -2.21. The van der Waals surface area contributed by atoms with Gasteiger partial charge in [0.15, 0.2) is 6.10 Å². The van der Waals surface area contributed by atoms with E-state index < -0.39 is 18.1 Å². The fraction of sp³-hybridized carbons (Fsp3) is 0.100. The number of aromatic nitrogens is 1. The van der Waals surface area contributed by atoms with E-state index in [9.17, 15) is 14.3 Å². The normalized spacial score (nSPS) is 13.0. The number of aliphatic hydroxyl groups is 1. The van der Waals surface area contributed by atoms with E-state index >= 15 is 0 Å². The standard InChI is InChI=1S/C20H17FN2O2/c21-17-8-6-14(7-9-17)18(15-10-12-22-13-11-15)23-20(25)19(24)16-4-2-1-3-5-16/h1-13,18-19,24H,(H,23,25)/t18-,19+/m0/s1. The first kappa shape index (κ1) is 16.8. The van der Waals surface area contributed by atoms with Crippen molar-refractivity contribution in [3.8, 4) is 0 Å². The molecule has 0 aliphatic carbocycles. The van der Waals surface area contributed by atoms with Crippen LogP contribution in [0.3, 0.4) is 0 Å². The highest BCUT2D eigenvalue weighted by molar-refractivity contribution is 5.82. The fourth-order valence-electron chi connectivity index (χ4n) is 2.58. The minimum atomic E-state index is -1.29. The lowest BCUT2D eigenvalue weighted by atomic mass is 9.98. The van der Waals surface area contributed by atoms with E-state index in [0.717, 1.165) is 5.56 Å². The Labute approximate surface area is 145 Å². The van der Waals surface area contributed by atoms with E-state index in [0.29, 0.717) is 11.1 Å². The molecule has 3 aromatic rings. The average molecular weight is 336 g/mol. The van der Waals surface area contributed by atoms with Crippen LogP contribution in [0.15, 0.2) is 79.1 Å². The van der Waals surface area contributed by atoms with Crippen LogP contribution in [0, 0.1) is 5.82 Å². The van der Waals surface area contributed by atoms with E-state index in [1.54, 1.807) is 60.9 Å². The van der Waals surface area contributed by atoms with E-state index in [4.69, 9.17) is 0 Å². The number of halogens is 1. The molecular formula is C20H17FN2O2. The summed E-state index contributed by atoms with van der Waals surface area (Å²) in [5.41, 5.74) is 2.00. The van der Waals surface area contributed by atoms with Crippen molar-refractivity contribution >= 4 is 5.91 Å². The highest BCUT2D eigenvalue weighted by atomic mass is 19.1. The molecule has 0 spiro atoms. The lowest BCUT2D eigenvalue weighted by Crippen LogP contribution is -2.33. The zero-order chi connectivity index (χ0) is 17.6. The Morgan fingerprint density at radius 3 is 2.12 bits per heavy atom. The van der Waals surface area contributed by atoms with Crippen molar-refractivity contribution in [2.75, 3.05) is 0 Å². The van der Waals surface area contributed by atoms with Crippen LogP contribution in [0.1, 0.15) is 28.8 Å². The van der Waals surface area contributed by atoms with Crippen molar-refractivity contribution in [2.24, 2.45) is 0 Å². The molecule has 0 unspecified atom stereocenters. The summed E-state index contributed by atoms with van der Waals surface area (Å²) in [6.45, 7) is 0. The second kappa shape index (κ2) is 7.68. The van der Waals surface area contributed by atoms with Crippen molar-refractivity contribution in [1.82, 2.24) is 10.3 Å². The number of aliphatic hydroxyl groups excluding tert-OH is 1. The molecule has 0 aliphatic rings. The molecule has 2 atom stereocenters. The van der Waals surface area contributed by atoms with Crippen molar-refractivity contribution in [3.05, 3.63) is 102 Å². The zero-order valence-electron chi connectivity index (χ0n) is 13.3. The molecule has 0 bridgehead atoms. The third kappa shape index (κ3) is 4.08. The summed E-state index contributed by atoms with van der Waals surface area (Å²) in [4.78, 5) is 16.5. The number of carbonyl (C=O) groups excluding carboxylic acids is 1. The first-order valence-electron chi connectivity index (χ1n) is 7.84. The molecule has 126 valence electrons. The third-order valence-electron chi connectivity index (χ3n) is 3.89. The van der Waals surface area contributed by atoms with E-state index in [1.807, 2.05) is 6.07 Å². The highest BCUT2D eigenvalue weighted by Crippen LogP contribution is 2.23. The zero-order valence-corrected chi connectivity index (χ0v) is 13.3. The number of rotatable bonds is 5. The summed E-state index contributed by atoms with van der Waals surface area (Å²) in [6.07, 6.45) is 1.95. The number of hydrogen-bond acceptors (Lipinski definition) is 3. The quantitative estimate of drug-likeness (QED) is 0.752. The Morgan fingerprint density at radius 1 is 0.880 bits per heavy atom. The van der Waals surface area contributed by atoms with Gasteiger partial charge in [0.2, 0.25) is 0 Å². The second-order valence-electron chi connectivity index (χ2n) is 5.59. The molecule has 0 aliphatic heterocycles. The van der Waals surface area contributed by atoms with E-state index in [2.05, 4.69) is 10.3 Å². The van der Waals surface area contributed by atoms with Crippen molar-refractivity contribution in [3.63, 3.8) is 0 Å². The van der Waals surface area contributed by atoms with Gasteiger partial charge in [0, 0.05) is 12.4 Å². The molecule has 0 saturated carbocycles. The van der Waals surface area contributed by atoms with Crippen molar-refractivity contribution in [1.29, 1.82) is 0 Å². The third-order valence-corrected chi connectivity index (χ3v) is 3.89. The van der Waals surface area contributed by atoms with E-state index in [1.165, 1.54) is 12.1 Å². The van der Waals surface area contributed by atoms with Crippen LogP contribution in [0.4, 0.5) is 4.39 Å².